The maximum absolute atomic E-state index is 9.54. The number of hydrogen-bond donors (Lipinski definition) is 1. The molecule has 1 N–H and O–H groups in total. The normalized spacial score (nSPS) is 9.85. The monoisotopic (exact) mass is 171 g/mol. The Morgan fingerprint density at radius 3 is 2.31 bits per heavy atom. The smallest absolute Gasteiger partial charge is 0.123 e. The Labute approximate surface area is 76.5 Å². The number of benzene rings is 1. The van der Waals surface area contributed by atoms with Gasteiger partial charge in [0, 0.05) is 18.0 Å². The Morgan fingerprint density at radius 2 is 1.62 bits per heavy atom. The highest BCUT2D eigenvalue weighted by Gasteiger charge is 2.00. The van der Waals surface area contributed by atoms with Gasteiger partial charge in [0.05, 0.1) is 0 Å². The van der Waals surface area contributed by atoms with Gasteiger partial charge < -0.3 is 5.11 Å². The molecule has 0 saturated carbocycles. The molecule has 0 atom stereocenters. The number of nitrogens with zero attached hydrogens (tertiary/aromatic N) is 1. The summed E-state index contributed by atoms with van der Waals surface area (Å²) >= 11 is 0. The van der Waals surface area contributed by atoms with Crippen LogP contribution in [0.3, 0.4) is 0 Å². The van der Waals surface area contributed by atoms with Gasteiger partial charge in [-0.3, -0.25) is 4.98 Å². The third-order valence-corrected chi connectivity index (χ3v) is 1.90. The SMILES string of the molecule is Oc1ccccc1-c1ccncc1. The van der Waals surface area contributed by atoms with Crippen LogP contribution in [0.2, 0.25) is 0 Å². The summed E-state index contributed by atoms with van der Waals surface area (Å²) in [5.74, 6) is 0.300. The zero-order chi connectivity index (χ0) is 9.10. The summed E-state index contributed by atoms with van der Waals surface area (Å²) in [6, 6.07) is 11.0. The molecule has 13 heavy (non-hydrogen) atoms. The molecule has 0 bridgehead atoms. The first-order chi connectivity index (χ1) is 6.38. The average Bonchev–Trinajstić information content (AvgIpc) is 2.20. The molecule has 0 spiro atoms. The quantitative estimate of drug-likeness (QED) is 0.714. The van der Waals surface area contributed by atoms with Gasteiger partial charge in [-0.05, 0) is 23.8 Å². The molecule has 2 rings (SSSR count). The number of phenols is 1. The Morgan fingerprint density at radius 1 is 0.923 bits per heavy atom. The standard InChI is InChI=1S/C11H9NO/c13-11-4-2-1-3-10(11)9-5-7-12-8-6-9/h1-8,13H. The highest BCUT2D eigenvalue weighted by Crippen LogP contribution is 2.27. The number of para-hydroxylation sites is 1. The summed E-state index contributed by atoms with van der Waals surface area (Å²) in [4.78, 5) is 3.92. The third kappa shape index (κ3) is 1.51. The number of phenolic OH excluding ortho intramolecular Hbond substituents is 1. The Kier molecular flexibility index (Phi) is 1.96. The first-order valence-electron chi connectivity index (χ1n) is 4.06. The molecule has 0 radical (unpaired) electrons. The second kappa shape index (κ2) is 3.27. The van der Waals surface area contributed by atoms with Crippen LogP contribution >= 0.6 is 0 Å². The van der Waals surface area contributed by atoms with E-state index in [4.69, 9.17) is 0 Å². The van der Waals surface area contributed by atoms with E-state index >= 15 is 0 Å². The van der Waals surface area contributed by atoms with Gasteiger partial charge in [0.25, 0.3) is 0 Å². The Bertz CT molecular complexity index is 398. The third-order valence-electron chi connectivity index (χ3n) is 1.90. The van der Waals surface area contributed by atoms with E-state index < -0.39 is 0 Å². The van der Waals surface area contributed by atoms with Crippen molar-refractivity contribution in [2.75, 3.05) is 0 Å². The number of hydrogen-bond acceptors (Lipinski definition) is 2. The van der Waals surface area contributed by atoms with Gasteiger partial charge in [0.1, 0.15) is 5.75 Å². The number of pyridine rings is 1. The molecule has 0 aliphatic heterocycles. The van der Waals surface area contributed by atoms with Crippen molar-refractivity contribution in [3.63, 3.8) is 0 Å². The molecule has 0 fully saturated rings. The Balaban J connectivity index is 2.54. The van der Waals surface area contributed by atoms with Crippen LogP contribution < -0.4 is 0 Å². The van der Waals surface area contributed by atoms with Crippen molar-refractivity contribution >= 4 is 0 Å². The lowest BCUT2D eigenvalue weighted by Crippen LogP contribution is -1.78. The van der Waals surface area contributed by atoms with Crippen molar-refractivity contribution in [2.24, 2.45) is 0 Å². The average molecular weight is 171 g/mol. The molecule has 1 heterocycles. The van der Waals surface area contributed by atoms with Gasteiger partial charge in [-0.15, -0.1) is 0 Å². The van der Waals surface area contributed by atoms with Crippen molar-refractivity contribution in [3.8, 4) is 16.9 Å². The summed E-state index contributed by atoms with van der Waals surface area (Å²) in [7, 11) is 0. The van der Waals surface area contributed by atoms with Crippen LogP contribution in [0.5, 0.6) is 5.75 Å². The van der Waals surface area contributed by atoms with Gasteiger partial charge in [-0.2, -0.15) is 0 Å². The van der Waals surface area contributed by atoms with Crippen LogP contribution in [-0.2, 0) is 0 Å². The van der Waals surface area contributed by atoms with E-state index in [0.717, 1.165) is 11.1 Å². The van der Waals surface area contributed by atoms with Crippen molar-refractivity contribution < 1.29 is 5.11 Å². The molecule has 2 heteroatoms. The van der Waals surface area contributed by atoms with E-state index in [9.17, 15) is 5.11 Å². The van der Waals surface area contributed by atoms with E-state index in [1.54, 1.807) is 24.5 Å². The molecule has 0 aliphatic carbocycles. The lowest BCUT2D eigenvalue weighted by molar-refractivity contribution is 0.477. The number of aromatic hydroxyl groups is 1. The van der Waals surface area contributed by atoms with Gasteiger partial charge >= 0.3 is 0 Å². The molecular formula is C11H9NO. The lowest BCUT2D eigenvalue weighted by atomic mass is 10.1. The van der Waals surface area contributed by atoms with Crippen molar-refractivity contribution in [1.82, 2.24) is 4.98 Å². The van der Waals surface area contributed by atoms with Crippen LogP contribution in [0.25, 0.3) is 11.1 Å². The summed E-state index contributed by atoms with van der Waals surface area (Å²) in [6.45, 7) is 0. The topological polar surface area (TPSA) is 33.1 Å². The number of rotatable bonds is 1. The van der Waals surface area contributed by atoms with Crippen LogP contribution in [-0.4, -0.2) is 10.1 Å². The first kappa shape index (κ1) is 7.80. The van der Waals surface area contributed by atoms with Gasteiger partial charge in [-0.1, -0.05) is 18.2 Å². The molecule has 64 valence electrons. The van der Waals surface area contributed by atoms with Crippen LogP contribution in [0.1, 0.15) is 0 Å². The molecule has 0 amide bonds. The van der Waals surface area contributed by atoms with Crippen molar-refractivity contribution in [2.45, 2.75) is 0 Å². The largest absolute Gasteiger partial charge is 0.507 e. The lowest BCUT2D eigenvalue weighted by Gasteiger charge is -2.02. The predicted molar refractivity (Wildman–Crippen MR) is 51.3 cm³/mol. The molecule has 2 nitrogen and oxygen atoms in total. The van der Waals surface area contributed by atoms with Gasteiger partial charge in [0.2, 0.25) is 0 Å². The van der Waals surface area contributed by atoms with E-state index in [-0.39, 0.29) is 0 Å². The highest BCUT2D eigenvalue weighted by atomic mass is 16.3. The maximum Gasteiger partial charge on any atom is 0.123 e. The molecule has 1 aromatic heterocycles. The van der Waals surface area contributed by atoms with E-state index in [2.05, 4.69) is 4.98 Å². The first-order valence-corrected chi connectivity index (χ1v) is 4.06. The van der Waals surface area contributed by atoms with E-state index in [1.807, 2.05) is 24.3 Å². The maximum atomic E-state index is 9.54. The van der Waals surface area contributed by atoms with Crippen molar-refractivity contribution in [1.29, 1.82) is 0 Å². The van der Waals surface area contributed by atoms with Crippen molar-refractivity contribution in [3.05, 3.63) is 48.8 Å². The highest BCUT2D eigenvalue weighted by molar-refractivity contribution is 5.69. The van der Waals surface area contributed by atoms with Crippen LogP contribution in [0, 0.1) is 0 Å². The second-order valence-electron chi connectivity index (χ2n) is 2.75. The molecular weight excluding hydrogens is 162 g/mol. The molecule has 0 unspecified atom stereocenters. The molecule has 0 aliphatic rings. The minimum absolute atomic E-state index is 0.300. The molecule has 0 saturated heterocycles. The van der Waals surface area contributed by atoms with E-state index in [0.29, 0.717) is 5.75 Å². The van der Waals surface area contributed by atoms with Gasteiger partial charge in [0.15, 0.2) is 0 Å². The summed E-state index contributed by atoms with van der Waals surface area (Å²) in [6.07, 6.45) is 3.42. The Hall–Kier alpha value is -1.83. The zero-order valence-corrected chi connectivity index (χ0v) is 7.01. The summed E-state index contributed by atoms with van der Waals surface area (Å²) < 4.78 is 0. The number of aromatic nitrogens is 1. The van der Waals surface area contributed by atoms with Gasteiger partial charge in [-0.25, -0.2) is 0 Å². The van der Waals surface area contributed by atoms with Crippen LogP contribution in [0.4, 0.5) is 0 Å². The fraction of sp³-hybridized carbons (Fsp3) is 0. The second-order valence-corrected chi connectivity index (χ2v) is 2.75. The summed E-state index contributed by atoms with van der Waals surface area (Å²) in [5, 5.41) is 9.54. The predicted octanol–water partition coefficient (Wildman–Crippen LogP) is 2.45. The minimum atomic E-state index is 0.300. The fourth-order valence-electron chi connectivity index (χ4n) is 1.25. The zero-order valence-electron chi connectivity index (χ0n) is 7.01. The minimum Gasteiger partial charge on any atom is -0.507 e. The molecule has 1 aromatic carbocycles. The van der Waals surface area contributed by atoms with Crippen LogP contribution in [0.15, 0.2) is 48.8 Å². The fourth-order valence-corrected chi connectivity index (χ4v) is 1.25. The molecule has 2 aromatic rings. The van der Waals surface area contributed by atoms with E-state index in [1.165, 1.54) is 0 Å². The summed E-state index contributed by atoms with van der Waals surface area (Å²) in [5.41, 5.74) is 1.82.